The molecule has 0 spiro atoms. The summed E-state index contributed by atoms with van der Waals surface area (Å²) in [5.74, 6) is -0.803. The zero-order valence-electron chi connectivity index (χ0n) is 14.3. The van der Waals surface area contributed by atoms with Crippen LogP contribution < -0.4 is 4.74 Å². The lowest BCUT2D eigenvalue weighted by Crippen LogP contribution is -2.44. The first-order valence-electron chi connectivity index (χ1n) is 7.76. The van der Waals surface area contributed by atoms with Gasteiger partial charge in [-0.3, -0.25) is 0 Å². The van der Waals surface area contributed by atoms with Gasteiger partial charge in [0.15, 0.2) is 5.79 Å². The number of carbonyl (C=O) groups is 1. The summed E-state index contributed by atoms with van der Waals surface area (Å²) >= 11 is 0. The molecule has 1 fully saturated rings. The van der Waals surface area contributed by atoms with Crippen LogP contribution in [0.25, 0.3) is 0 Å². The fraction of sp³-hybridized carbons (Fsp3) is 0.588. The summed E-state index contributed by atoms with van der Waals surface area (Å²) < 4.78 is 21.2. The van der Waals surface area contributed by atoms with Crippen LogP contribution in [0.1, 0.15) is 31.1 Å². The van der Waals surface area contributed by atoms with Crippen LogP contribution in [0.15, 0.2) is 24.3 Å². The molecule has 1 heterocycles. The van der Waals surface area contributed by atoms with Crippen molar-refractivity contribution in [3.63, 3.8) is 0 Å². The molecule has 0 aromatic heterocycles. The highest BCUT2D eigenvalue weighted by Crippen LogP contribution is 2.30. The van der Waals surface area contributed by atoms with E-state index in [1.54, 1.807) is 45.0 Å². The van der Waals surface area contributed by atoms with Crippen LogP contribution in [0.2, 0.25) is 0 Å². The Morgan fingerprint density at radius 2 is 1.88 bits per heavy atom. The molecule has 134 valence electrons. The second kappa shape index (κ2) is 7.48. The Morgan fingerprint density at radius 1 is 1.25 bits per heavy atom. The van der Waals surface area contributed by atoms with Crippen LogP contribution in [0, 0.1) is 0 Å². The van der Waals surface area contributed by atoms with Crippen molar-refractivity contribution in [3.8, 4) is 5.75 Å². The van der Waals surface area contributed by atoms with E-state index in [-0.39, 0.29) is 12.7 Å². The van der Waals surface area contributed by atoms with E-state index in [1.165, 1.54) is 7.11 Å². The minimum atomic E-state index is -1.28. The van der Waals surface area contributed by atoms with Gasteiger partial charge in [0.05, 0.1) is 18.8 Å². The van der Waals surface area contributed by atoms with Crippen LogP contribution >= 0.6 is 0 Å². The topological polar surface area (TPSA) is 94.5 Å². The Labute approximate surface area is 141 Å². The van der Waals surface area contributed by atoms with Gasteiger partial charge in [0, 0.05) is 0 Å². The normalized spacial score (nSPS) is 25.1. The number of hydrogen-bond acceptors (Lipinski definition) is 7. The Bertz CT molecular complexity index is 555. The second-order valence-corrected chi connectivity index (χ2v) is 6.19. The van der Waals surface area contributed by atoms with Gasteiger partial charge in [-0.2, -0.15) is 0 Å². The summed E-state index contributed by atoms with van der Waals surface area (Å²) in [6.45, 7) is 4.86. The molecule has 0 bridgehead atoms. The molecule has 24 heavy (non-hydrogen) atoms. The largest absolute Gasteiger partial charge is 0.497 e. The van der Waals surface area contributed by atoms with Gasteiger partial charge in [0.2, 0.25) is 0 Å². The van der Waals surface area contributed by atoms with Crippen molar-refractivity contribution in [2.75, 3.05) is 13.7 Å². The molecule has 1 aromatic rings. The molecular weight excluding hydrogens is 316 g/mol. The lowest BCUT2D eigenvalue weighted by atomic mass is 10.0. The molecule has 0 saturated carbocycles. The van der Waals surface area contributed by atoms with Gasteiger partial charge in [-0.25, -0.2) is 4.79 Å². The summed E-state index contributed by atoms with van der Waals surface area (Å²) in [6.07, 6.45) is -3.60. The maximum Gasteiger partial charge on any atom is 0.338 e. The van der Waals surface area contributed by atoms with Gasteiger partial charge in [-0.15, -0.1) is 0 Å². The smallest absolute Gasteiger partial charge is 0.338 e. The molecule has 0 aliphatic carbocycles. The minimum Gasteiger partial charge on any atom is -0.497 e. The first-order valence-corrected chi connectivity index (χ1v) is 7.76. The Hall–Kier alpha value is -1.67. The third kappa shape index (κ3) is 4.45. The van der Waals surface area contributed by atoms with Crippen molar-refractivity contribution in [1.82, 2.24) is 0 Å². The van der Waals surface area contributed by atoms with Crippen LogP contribution in [0.4, 0.5) is 0 Å². The molecule has 0 unspecified atom stereocenters. The van der Waals surface area contributed by atoms with Gasteiger partial charge in [-0.05, 0) is 45.0 Å². The highest BCUT2D eigenvalue weighted by atomic mass is 16.8. The van der Waals surface area contributed by atoms with E-state index in [0.717, 1.165) is 0 Å². The van der Waals surface area contributed by atoms with Crippen molar-refractivity contribution >= 4 is 5.97 Å². The number of rotatable bonds is 6. The van der Waals surface area contributed by atoms with Gasteiger partial charge in [0.1, 0.15) is 30.7 Å². The van der Waals surface area contributed by atoms with Crippen LogP contribution in [0.5, 0.6) is 5.75 Å². The third-order valence-electron chi connectivity index (χ3n) is 3.79. The molecule has 1 aliphatic rings. The number of aliphatic hydroxyl groups is 2. The summed E-state index contributed by atoms with van der Waals surface area (Å²) in [5, 5.41) is 20.3. The summed E-state index contributed by atoms with van der Waals surface area (Å²) in [7, 11) is 1.53. The Morgan fingerprint density at radius 3 is 2.38 bits per heavy atom. The number of esters is 1. The lowest BCUT2D eigenvalue weighted by molar-refractivity contribution is -0.164. The van der Waals surface area contributed by atoms with Gasteiger partial charge < -0.3 is 29.2 Å². The maximum atomic E-state index is 11.9. The zero-order chi connectivity index (χ0) is 17.9. The lowest BCUT2D eigenvalue weighted by Gasteiger charge is -2.25. The summed E-state index contributed by atoms with van der Waals surface area (Å²) in [5.41, 5.74) is 0.326. The van der Waals surface area contributed by atoms with Crippen molar-refractivity contribution in [2.45, 2.75) is 51.0 Å². The van der Waals surface area contributed by atoms with Crippen molar-refractivity contribution in [2.24, 2.45) is 0 Å². The average Bonchev–Trinajstić information content (AvgIpc) is 2.84. The van der Waals surface area contributed by atoms with Crippen LogP contribution in [-0.4, -0.2) is 60.1 Å². The van der Waals surface area contributed by atoms with E-state index in [1.807, 2.05) is 0 Å². The number of ether oxygens (including phenoxy) is 4. The monoisotopic (exact) mass is 340 g/mol. The summed E-state index contributed by atoms with van der Waals surface area (Å²) in [6, 6.07) is 6.38. The predicted octanol–water partition coefficient (Wildman–Crippen LogP) is 1.11. The van der Waals surface area contributed by atoms with Crippen molar-refractivity contribution in [1.29, 1.82) is 0 Å². The standard InChI is InChI=1S/C17H24O7/c1-10-15(24-17(2,3)23-10)14(19)13(18)9-22-16(20)11-5-7-12(21-4)8-6-11/h5-8,10,13-15,18-19H,9H2,1-4H3/t10-,13+,14-,15+/m1/s1. The SMILES string of the molecule is COc1ccc(C(=O)OC[C@H](O)[C@@H](O)[C@H]2OC(C)(C)O[C@@H]2C)cc1. The van der Waals surface area contributed by atoms with E-state index in [9.17, 15) is 15.0 Å². The van der Waals surface area contributed by atoms with E-state index >= 15 is 0 Å². The molecule has 1 aliphatic heterocycles. The molecule has 2 rings (SSSR count). The number of benzene rings is 1. The third-order valence-corrected chi connectivity index (χ3v) is 3.79. The highest BCUT2D eigenvalue weighted by molar-refractivity contribution is 5.89. The molecule has 4 atom stereocenters. The molecule has 1 saturated heterocycles. The fourth-order valence-electron chi connectivity index (χ4n) is 2.60. The quantitative estimate of drug-likeness (QED) is 0.749. The highest BCUT2D eigenvalue weighted by Gasteiger charge is 2.44. The molecule has 7 nitrogen and oxygen atoms in total. The van der Waals surface area contributed by atoms with E-state index < -0.39 is 30.1 Å². The van der Waals surface area contributed by atoms with Crippen LogP contribution in [-0.2, 0) is 14.2 Å². The molecule has 2 N–H and O–H groups in total. The molecule has 7 heteroatoms. The van der Waals surface area contributed by atoms with E-state index in [0.29, 0.717) is 11.3 Å². The Kier molecular flexibility index (Phi) is 5.82. The predicted molar refractivity (Wildman–Crippen MR) is 84.8 cm³/mol. The van der Waals surface area contributed by atoms with Gasteiger partial charge in [0.25, 0.3) is 0 Å². The van der Waals surface area contributed by atoms with E-state index in [4.69, 9.17) is 18.9 Å². The van der Waals surface area contributed by atoms with E-state index in [2.05, 4.69) is 0 Å². The van der Waals surface area contributed by atoms with Crippen LogP contribution in [0.3, 0.4) is 0 Å². The number of aliphatic hydroxyl groups excluding tert-OH is 2. The van der Waals surface area contributed by atoms with Crippen molar-refractivity contribution in [3.05, 3.63) is 29.8 Å². The zero-order valence-corrected chi connectivity index (χ0v) is 14.3. The average molecular weight is 340 g/mol. The molecular formula is C17H24O7. The second-order valence-electron chi connectivity index (χ2n) is 6.19. The fourth-order valence-corrected chi connectivity index (χ4v) is 2.60. The minimum absolute atomic E-state index is 0.326. The number of hydrogen-bond donors (Lipinski definition) is 2. The molecule has 0 radical (unpaired) electrons. The Balaban J connectivity index is 1.87. The molecule has 1 aromatic carbocycles. The van der Waals surface area contributed by atoms with Gasteiger partial charge >= 0.3 is 5.97 Å². The number of methoxy groups -OCH3 is 1. The summed E-state index contributed by atoms with van der Waals surface area (Å²) in [4.78, 5) is 11.9. The van der Waals surface area contributed by atoms with Crippen molar-refractivity contribution < 1.29 is 34.0 Å². The maximum absolute atomic E-state index is 11.9. The van der Waals surface area contributed by atoms with Gasteiger partial charge in [-0.1, -0.05) is 0 Å². The first kappa shape index (κ1) is 18.7. The molecule has 0 amide bonds. The number of carbonyl (C=O) groups excluding carboxylic acids is 1. The first-order chi connectivity index (χ1) is 11.2.